The second-order valence-corrected chi connectivity index (χ2v) is 5.37. The van der Waals surface area contributed by atoms with Gasteiger partial charge < -0.3 is 5.73 Å². The zero-order valence-corrected chi connectivity index (χ0v) is 12.5. The third-order valence-corrected chi connectivity index (χ3v) is 3.60. The first-order chi connectivity index (χ1) is 9.66. The van der Waals surface area contributed by atoms with E-state index in [1.165, 1.54) is 0 Å². The highest BCUT2D eigenvalue weighted by molar-refractivity contribution is 9.10. The molecule has 20 heavy (non-hydrogen) atoms. The third kappa shape index (κ3) is 2.20. The number of halogens is 1. The average Bonchev–Trinajstić information content (AvgIpc) is 2.76. The maximum Gasteiger partial charge on any atom is 0.131 e. The molecular weight excluding hydrogens is 316 g/mol. The molecule has 0 radical (unpaired) electrons. The van der Waals surface area contributed by atoms with E-state index in [0.29, 0.717) is 5.82 Å². The first-order valence-corrected chi connectivity index (χ1v) is 6.96. The molecule has 0 saturated heterocycles. The molecule has 2 aromatic heterocycles. The highest BCUT2D eigenvalue weighted by Gasteiger charge is 2.18. The summed E-state index contributed by atoms with van der Waals surface area (Å²) in [7, 11) is 1.84. The van der Waals surface area contributed by atoms with Crippen molar-refractivity contribution in [1.82, 2.24) is 14.8 Å². The first-order valence-electron chi connectivity index (χ1n) is 6.16. The van der Waals surface area contributed by atoms with E-state index in [1.807, 2.05) is 49.5 Å². The van der Waals surface area contributed by atoms with Crippen molar-refractivity contribution in [3.8, 4) is 22.5 Å². The predicted molar refractivity (Wildman–Crippen MR) is 84.0 cm³/mol. The van der Waals surface area contributed by atoms with Crippen LogP contribution in [0.5, 0.6) is 0 Å². The number of aromatic nitrogens is 3. The van der Waals surface area contributed by atoms with Crippen LogP contribution in [-0.2, 0) is 7.05 Å². The van der Waals surface area contributed by atoms with Crippen LogP contribution in [0.2, 0.25) is 0 Å². The minimum Gasteiger partial charge on any atom is -0.383 e. The van der Waals surface area contributed by atoms with Crippen molar-refractivity contribution in [2.45, 2.75) is 0 Å². The van der Waals surface area contributed by atoms with Crippen molar-refractivity contribution in [1.29, 1.82) is 0 Å². The SMILES string of the molecule is Cn1nc(-c2cccc(Br)c2)c(-c2ccccn2)c1N. The lowest BCUT2D eigenvalue weighted by atomic mass is 10.0. The second kappa shape index (κ2) is 5.09. The average molecular weight is 329 g/mol. The minimum absolute atomic E-state index is 0.610. The number of nitrogen functional groups attached to an aromatic ring is 1. The summed E-state index contributed by atoms with van der Waals surface area (Å²) in [4.78, 5) is 4.39. The molecule has 0 atom stereocenters. The van der Waals surface area contributed by atoms with Crippen molar-refractivity contribution < 1.29 is 0 Å². The maximum absolute atomic E-state index is 6.16. The lowest BCUT2D eigenvalue weighted by Crippen LogP contribution is -1.98. The van der Waals surface area contributed by atoms with E-state index in [4.69, 9.17) is 5.73 Å². The Morgan fingerprint density at radius 2 is 2.00 bits per heavy atom. The molecule has 4 nitrogen and oxygen atoms in total. The number of benzene rings is 1. The zero-order valence-electron chi connectivity index (χ0n) is 10.9. The molecule has 5 heteroatoms. The molecule has 0 bridgehead atoms. The number of aryl methyl sites for hydroxylation is 1. The van der Waals surface area contributed by atoms with Crippen LogP contribution in [0.25, 0.3) is 22.5 Å². The van der Waals surface area contributed by atoms with Crippen molar-refractivity contribution >= 4 is 21.7 Å². The van der Waals surface area contributed by atoms with Crippen LogP contribution in [0.1, 0.15) is 0 Å². The summed E-state index contributed by atoms with van der Waals surface area (Å²) in [6.45, 7) is 0. The van der Waals surface area contributed by atoms with E-state index in [9.17, 15) is 0 Å². The number of hydrogen-bond acceptors (Lipinski definition) is 3. The maximum atomic E-state index is 6.16. The summed E-state index contributed by atoms with van der Waals surface area (Å²) >= 11 is 3.48. The van der Waals surface area contributed by atoms with E-state index < -0.39 is 0 Å². The number of rotatable bonds is 2. The fraction of sp³-hybridized carbons (Fsp3) is 0.0667. The first kappa shape index (κ1) is 12.9. The quantitative estimate of drug-likeness (QED) is 0.783. The fourth-order valence-electron chi connectivity index (χ4n) is 2.14. The number of hydrogen-bond donors (Lipinski definition) is 1. The Hall–Kier alpha value is -2.14. The molecule has 0 fully saturated rings. The van der Waals surface area contributed by atoms with Gasteiger partial charge in [0.05, 0.1) is 11.3 Å². The van der Waals surface area contributed by atoms with Gasteiger partial charge in [0, 0.05) is 23.3 Å². The molecule has 0 amide bonds. The molecular formula is C15H13BrN4. The lowest BCUT2D eigenvalue weighted by Gasteiger charge is -2.03. The Bertz CT molecular complexity index is 750. The molecule has 3 rings (SSSR count). The Morgan fingerprint density at radius 3 is 2.70 bits per heavy atom. The molecule has 0 unspecified atom stereocenters. The molecule has 3 aromatic rings. The summed E-state index contributed by atoms with van der Waals surface area (Å²) in [5.41, 5.74) is 9.70. The molecule has 0 aliphatic rings. The van der Waals surface area contributed by atoms with Crippen molar-refractivity contribution in [3.05, 3.63) is 53.1 Å². The van der Waals surface area contributed by atoms with Crippen LogP contribution in [0.3, 0.4) is 0 Å². The highest BCUT2D eigenvalue weighted by Crippen LogP contribution is 2.35. The molecule has 2 N–H and O–H groups in total. The van der Waals surface area contributed by atoms with Gasteiger partial charge in [-0.05, 0) is 24.3 Å². The van der Waals surface area contributed by atoms with Crippen LogP contribution < -0.4 is 5.73 Å². The van der Waals surface area contributed by atoms with Gasteiger partial charge in [0.2, 0.25) is 0 Å². The van der Waals surface area contributed by atoms with Crippen LogP contribution in [0.4, 0.5) is 5.82 Å². The number of pyridine rings is 1. The monoisotopic (exact) mass is 328 g/mol. The predicted octanol–water partition coefficient (Wildman–Crippen LogP) is 3.49. The lowest BCUT2D eigenvalue weighted by molar-refractivity contribution is 0.782. The van der Waals surface area contributed by atoms with Crippen LogP contribution >= 0.6 is 15.9 Å². The van der Waals surface area contributed by atoms with Crippen molar-refractivity contribution in [2.75, 3.05) is 5.73 Å². The van der Waals surface area contributed by atoms with Crippen molar-refractivity contribution in [3.63, 3.8) is 0 Å². The zero-order chi connectivity index (χ0) is 14.1. The summed E-state index contributed by atoms with van der Waals surface area (Å²) in [5, 5.41) is 4.53. The van der Waals surface area contributed by atoms with Gasteiger partial charge in [-0.15, -0.1) is 0 Å². The standard InChI is InChI=1S/C15H13BrN4/c1-20-15(17)13(12-7-2-3-8-18-12)14(19-20)10-5-4-6-11(16)9-10/h2-9H,17H2,1H3. The van der Waals surface area contributed by atoms with E-state index in [2.05, 4.69) is 26.0 Å². The van der Waals surface area contributed by atoms with Gasteiger partial charge in [-0.2, -0.15) is 5.10 Å². The molecule has 100 valence electrons. The molecule has 0 aliphatic heterocycles. The van der Waals surface area contributed by atoms with Gasteiger partial charge in [-0.25, -0.2) is 0 Å². The molecule has 1 aromatic carbocycles. The van der Waals surface area contributed by atoms with Gasteiger partial charge in [-0.1, -0.05) is 34.1 Å². The fourth-order valence-corrected chi connectivity index (χ4v) is 2.54. The minimum atomic E-state index is 0.610. The van der Waals surface area contributed by atoms with Crippen LogP contribution in [-0.4, -0.2) is 14.8 Å². The Kier molecular flexibility index (Phi) is 3.28. The Morgan fingerprint density at radius 1 is 1.15 bits per heavy atom. The van der Waals surface area contributed by atoms with Crippen LogP contribution in [0, 0.1) is 0 Å². The molecule has 0 spiro atoms. The number of nitrogens with two attached hydrogens (primary N) is 1. The third-order valence-electron chi connectivity index (χ3n) is 3.11. The van der Waals surface area contributed by atoms with E-state index in [-0.39, 0.29) is 0 Å². The van der Waals surface area contributed by atoms with Gasteiger partial charge in [0.25, 0.3) is 0 Å². The second-order valence-electron chi connectivity index (χ2n) is 4.46. The number of anilines is 1. The summed E-state index contributed by atoms with van der Waals surface area (Å²) < 4.78 is 2.69. The summed E-state index contributed by atoms with van der Waals surface area (Å²) in [5.74, 6) is 0.610. The Labute approximate surface area is 125 Å². The molecule has 0 aliphatic carbocycles. The number of nitrogens with zero attached hydrogens (tertiary/aromatic N) is 3. The highest BCUT2D eigenvalue weighted by atomic mass is 79.9. The molecule has 0 saturated carbocycles. The van der Waals surface area contributed by atoms with Gasteiger partial charge in [0.15, 0.2) is 0 Å². The van der Waals surface area contributed by atoms with E-state index in [0.717, 1.165) is 27.0 Å². The Balaban J connectivity index is 2.25. The largest absolute Gasteiger partial charge is 0.383 e. The normalized spacial score (nSPS) is 10.7. The van der Waals surface area contributed by atoms with Gasteiger partial charge in [-0.3, -0.25) is 9.67 Å². The van der Waals surface area contributed by atoms with E-state index >= 15 is 0 Å². The smallest absolute Gasteiger partial charge is 0.131 e. The van der Waals surface area contributed by atoms with Crippen molar-refractivity contribution in [2.24, 2.45) is 7.05 Å². The summed E-state index contributed by atoms with van der Waals surface area (Å²) in [6.07, 6.45) is 1.76. The van der Waals surface area contributed by atoms with E-state index in [1.54, 1.807) is 10.9 Å². The molecule has 2 heterocycles. The summed E-state index contributed by atoms with van der Waals surface area (Å²) in [6, 6.07) is 13.8. The van der Waals surface area contributed by atoms with Gasteiger partial charge in [0.1, 0.15) is 11.5 Å². The topological polar surface area (TPSA) is 56.7 Å². The van der Waals surface area contributed by atoms with Gasteiger partial charge >= 0.3 is 0 Å². The van der Waals surface area contributed by atoms with Crippen LogP contribution in [0.15, 0.2) is 53.1 Å².